The molecule has 1 aliphatic rings. The minimum Gasteiger partial charge on any atom is -0.389 e. The number of anilines is 1. The summed E-state index contributed by atoms with van der Waals surface area (Å²) in [5.41, 5.74) is 3.91. The van der Waals surface area contributed by atoms with Gasteiger partial charge in [-0.3, -0.25) is 0 Å². The van der Waals surface area contributed by atoms with Gasteiger partial charge in [0.25, 0.3) is 0 Å². The average molecular weight is 242 g/mol. The molecule has 0 aromatic heterocycles. The van der Waals surface area contributed by atoms with E-state index in [0.717, 1.165) is 30.8 Å². The van der Waals surface area contributed by atoms with E-state index in [1.54, 1.807) is 13.0 Å². The largest absolute Gasteiger partial charge is 0.389 e. The van der Waals surface area contributed by atoms with Gasteiger partial charge >= 0.3 is 0 Å². The van der Waals surface area contributed by atoms with Crippen LogP contribution < -0.4 is 4.90 Å². The van der Waals surface area contributed by atoms with E-state index in [1.165, 1.54) is 5.57 Å². The van der Waals surface area contributed by atoms with Crippen LogP contribution in [0.4, 0.5) is 5.69 Å². The Kier molecular flexibility index (Phi) is 3.69. The van der Waals surface area contributed by atoms with Crippen molar-refractivity contribution in [3.63, 3.8) is 0 Å². The third kappa shape index (κ3) is 2.55. The van der Waals surface area contributed by atoms with Gasteiger partial charge in [0.05, 0.1) is 17.7 Å². The summed E-state index contributed by atoms with van der Waals surface area (Å²) in [6, 6.07) is 7.64. The van der Waals surface area contributed by atoms with Crippen LogP contribution in [-0.4, -0.2) is 18.2 Å². The van der Waals surface area contributed by atoms with Gasteiger partial charge in [-0.1, -0.05) is 17.7 Å². The van der Waals surface area contributed by atoms with Crippen LogP contribution in [0.3, 0.4) is 0 Å². The second-order valence-corrected chi connectivity index (χ2v) is 4.81. The molecule has 1 N–H and O–H groups in total. The maximum Gasteiger partial charge on any atom is 0.0992 e. The molecule has 0 saturated heterocycles. The fourth-order valence-electron chi connectivity index (χ4n) is 2.23. The first kappa shape index (κ1) is 12.7. The van der Waals surface area contributed by atoms with E-state index in [1.807, 2.05) is 12.1 Å². The Balaban J connectivity index is 2.38. The predicted molar refractivity (Wildman–Crippen MR) is 72.4 cm³/mol. The smallest absolute Gasteiger partial charge is 0.0992 e. The summed E-state index contributed by atoms with van der Waals surface area (Å²) in [6.07, 6.45) is 2.73. The highest BCUT2D eigenvalue weighted by Gasteiger charge is 2.16. The van der Waals surface area contributed by atoms with Crippen molar-refractivity contribution in [2.75, 3.05) is 18.0 Å². The maximum absolute atomic E-state index is 9.83. The minimum atomic E-state index is -0.514. The van der Waals surface area contributed by atoms with Crippen molar-refractivity contribution < 1.29 is 5.11 Å². The van der Waals surface area contributed by atoms with Gasteiger partial charge in [0.2, 0.25) is 0 Å². The Labute approximate surface area is 108 Å². The number of aliphatic hydroxyl groups is 1. The SMILES string of the molecule is CC1=CCN(c2cc(C#N)ccc2[C@@H](C)O)CC1. The quantitative estimate of drug-likeness (QED) is 0.811. The summed E-state index contributed by atoms with van der Waals surface area (Å²) < 4.78 is 0. The Morgan fingerprint density at radius 3 is 2.78 bits per heavy atom. The van der Waals surface area contributed by atoms with Crippen LogP contribution in [0.25, 0.3) is 0 Å². The number of benzene rings is 1. The summed E-state index contributed by atoms with van der Waals surface area (Å²) in [5.74, 6) is 0. The molecule has 94 valence electrons. The number of nitriles is 1. The zero-order chi connectivity index (χ0) is 13.1. The Morgan fingerprint density at radius 1 is 1.44 bits per heavy atom. The molecular weight excluding hydrogens is 224 g/mol. The second kappa shape index (κ2) is 5.24. The van der Waals surface area contributed by atoms with E-state index < -0.39 is 6.10 Å². The van der Waals surface area contributed by atoms with Crippen LogP contribution in [0.1, 0.15) is 37.5 Å². The fourth-order valence-corrected chi connectivity index (χ4v) is 2.23. The van der Waals surface area contributed by atoms with Crippen LogP contribution in [-0.2, 0) is 0 Å². The van der Waals surface area contributed by atoms with E-state index >= 15 is 0 Å². The molecule has 1 aromatic rings. The van der Waals surface area contributed by atoms with E-state index in [0.29, 0.717) is 5.56 Å². The summed E-state index contributed by atoms with van der Waals surface area (Å²) >= 11 is 0. The lowest BCUT2D eigenvalue weighted by molar-refractivity contribution is 0.199. The topological polar surface area (TPSA) is 47.3 Å². The lowest BCUT2D eigenvalue weighted by atomic mass is 10.0. The van der Waals surface area contributed by atoms with Crippen molar-refractivity contribution >= 4 is 5.69 Å². The molecule has 0 unspecified atom stereocenters. The first-order chi connectivity index (χ1) is 8.61. The van der Waals surface area contributed by atoms with Crippen molar-refractivity contribution in [1.29, 1.82) is 5.26 Å². The van der Waals surface area contributed by atoms with Crippen LogP contribution in [0.5, 0.6) is 0 Å². The lowest BCUT2D eigenvalue weighted by Crippen LogP contribution is -2.29. The summed E-state index contributed by atoms with van der Waals surface area (Å²) in [6.45, 7) is 5.69. The molecule has 0 amide bonds. The first-order valence-corrected chi connectivity index (χ1v) is 6.24. The molecule has 1 atom stereocenters. The molecule has 1 aromatic carbocycles. The standard InChI is InChI=1S/C15H18N2O/c1-11-5-7-17(8-6-11)15-9-13(10-16)3-4-14(15)12(2)18/h3-5,9,12,18H,6-8H2,1-2H3/t12-/m1/s1. The normalized spacial score (nSPS) is 17.0. The molecule has 3 nitrogen and oxygen atoms in total. The van der Waals surface area contributed by atoms with Crippen LogP contribution in [0.15, 0.2) is 29.8 Å². The van der Waals surface area contributed by atoms with E-state index in [4.69, 9.17) is 5.26 Å². The number of hydrogen-bond donors (Lipinski definition) is 1. The van der Waals surface area contributed by atoms with Gasteiger partial charge in [-0.25, -0.2) is 0 Å². The van der Waals surface area contributed by atoms with Crippen molar-refractivity contribution in [2.45, 2.75) is 26.4 Å². The van der Waals surface area contributed by atoms with Crippen LogP contribution in [0.2, 0.25) is 0 Å². The van der Waals surface area contributed by atoms with Crippen LogP contribution in [0, 0.1) is 11.3 Å². The fraction of sp³-hybridized carbons (Fsp3) is 0.400. The third-order valence-corrected chi connectivity index (χ3v) is 3.39. The lowest BCUT2D eigenvalue weighted by Gasteiger charge is -2.30. The molecule has 2 rings (SSSR count). The van der Waals surface area contributed by atoms with Crippen molar-refractivity contribution in [3.8, 4) is 6.07 Å². The molecule has 3 heteroatoms. The first-order valence-electron chi connectivity index (χ1n) is 6.24. The van der Waals surface area contributed by atoms with Gasteiger partial charge in [-0.05, 0) is 32.4 Å². The number of rotatable bonds is 2. The van der Waals surface area contributed by atoms with Gasteiger partial charge in [-0.15, -0.1) is 0 Å². The molecule has 0 radical (unpaired) electrons. The summed E-state index contributed by atoms with van der Waals surface area (Å²) in [5, 5.41) is 18.8. The van der Waals surface area contributed by atoms with Gasteiger partial charge in [-0.2, -0.15) is 5.26 Å². The molecule has 18 heavy (non-hydrogen) atoms. The zero-order valence-electron chi connectivity index (χ0n) is 10.8. The van der Waals surface area contributed by atoms with Gasteiger partial charge in [0.15, 0.2) is 0 Å². The zero-order valence-corrected chi connectivity index (χ0v) is 10.8. The molecule has 0 aliphatic carbocycles. The molecule has 1 heterocycles. The Morgan fingerprint density at radius 2 is 2.22 bits per heavy atom. The van der Waals surface area contributed by atoms with E-state index in [9.17, 15) is 5.11 Å². The summed E-state index contributed by atoms with van der Waals surface area (Å²) in [7, 11) is 0. The maximum atomic E-state index is 9.83. The highest BCUT2D eigenvalue weighted by molar-refractivity contribution is 5.59. The van der Waals surface area contributed by atoms with Gasteiger partial charge in [0, 0.05) is 24.3 Å². The number of nitrogens with zero attached hydrogens (tertiary/aromatic N) is 2. The van der Waals surface area contributed by atoms with E-state index in [2.05, 4.69) is 24.0 Å². The number of hydrogen-bond acceptors (Lipinski definition) is 3. The van der Waals surface area contributed by atoms with Gasteiger partial charge < -0.3 is 10.0 Å². The number of aliphatic hydroxyl groups excluding tert-OH is 1. The van der Waals surface area contributed by atoms with Crippen molar-refractivity contribution in [1.82, 2.24) is 0 Å². The average Bonchev–Trinajstić information content (AvgIpc) is 2.38. The summed E-state index contributed by atoms with van der Waals surface area (Å²) in [4.78, 5) is 2.22. The van der Waals surface area contributed by atoms with Gasteiger partial charge in [0.1, 0.15) is 0 Å². The Bertz CT molecular complexity index is 512. The van der Waals surface area contributed by atoms with Crippen molar-refractivity contribution in [3.05, 3.63) is 41.0 Å². The molecule has 0 saturated carbocycles. The highest BCUT2D eigenvalue weighted by atomic mass is 16.3. The van der Waals surface area contributed by atoms with Crippen LogP contribution >= 0.6 is 0 Å². The minimum absolute atomic E-state index is 0.514. The molecule has 0 spiro atoms. The van der Waals surface area contributed by atoms with Crippen molar-refractivity contribution in [2.24, 2.45) is 0 Å². The molecule has 0 bridgehead atoms. The molecule has 1 aliphatic heterocycles. The van der Waals surface area contributed by atoms with E-state index in [-0.39, 0.29) is 0 Å². The molecular formula is C15H18N2O. The second-order valence-electron chi connectivity index (χ2n) is 4.81. The highest BCUT2D eigenvalue weighted by Crippen LogP contribution is 2.29. The third-order valence-electron chi connectivity index (χ3n) is 3.39. The monoisotopic (exact) mass is 242 g/mol. The predicted octanol–water partition coefficient (Wildman–Crippen LogP) is 2.77. The Hall–Kier alpha value is -1.79. The molecule has 0 fully saturated rings.